The minimum absolute atomic E-state index is 0.107. The Kier molecular flexibility index (Phi) is 8.06. The van der Waals surface area contributed by atoms with Crippen molar-refractivity contribution < 1.29 is 9.59 Å². The Balaban J connectivity index is 1.52. The van der Waals surface area contributed by atoms with Crippen molar-refractivity contribution in [3.63, 3.8) is 0 Å². The van der Waals surface area contributed by atoms with E-state index in [0.717, 1.165) is 16.8 Å². The number of benzene rings is 3. The molecule has 3 rings (SSSR count). The standard InChI is InChI=1S/C24H23Cl2N3O2/c1-29(16-23(31)28-24-19(25)11-7-12-20(24)26)15-14-22(30)27-21-13-6-5-10-18(21)17-8-3-2-4-9-17/h2-13H,14-16H2,1H3,(H,27,30)(H,28,31). The van der Waals surface area contributed by atoms with Gasteiger partial charge in [-0.3, -0.25) is 14.5 Å². The summed E-state index contributed by atoms with van der Waals surface area (Å²) in [5, 5.41) is 6.44. The number of anilines is 2. The molecule has 0 aliphatic carbocycles. The van der Waals surface area contributed by atoms with Crippen molar-refractivity contribution in [1.29, 1.82) is 0 Å². The number of para-hydroxylation sites is 2. The second-order valence-electron chi connectivity index (χ2n) is 7.09. The van der Waals surface area contributed by atoms with E-state index in [9.17, 15) is 9.59 Å². The molecule has 0 aliphatic heterocycles. The first-order valence-corrected chi connectivity index (χ1v) is 10.6. The molecule has 31 heavy (non-hydrogen) atoms. The van der Waals surface area contributed by atoms with E-state index in [4.69, 9.17) is 23.2 Å². The number of carbonyl (C=O) groups excluding carboxylic acids is 2. The maximum Gasteiger partial charge on any atom is 0.238 e. The van der Waals surface area contributed by atoms with E-state index >= 15 is 0 Å². The molecule has 0 heterocycles. The molecule has 0 fully saturated rings. The average Bonchev–Trinajstić information content (AvgIpc) is 2.76. The maximum absolute atomic E-state index is 12.5. The molecular formula is C24H23Cl2N3O2. The summed E-state index contributed by atoms with van der Waals surface area (Å²) in [7, 11) is 1.78. The van der Waals surface area contributed by atoms with Crippen molar-refractivity contribution in [2.75, 3.05) is 30.8 Å². The van der Waals surface area contributed by atoms with Gasteiger partial charge in [0.1, 0.15) is 0 Å². The smallest absolute Gasteiger partial charge is 0.238 e. The second kappa shape index (κ2) is 11.0. The Bertz CT molecular complexity index is 1040. The highest BCUT2D eigenvalue weighted by Gasteiger charge is 2.13. The number of hydrogen-bond donors (Lipinski definition) is 2. The van der Waals surface area contributed by atoms with E-state index in [1.165, 1.54) is 0 Å². The van der Waals surface area contributed by atoms with Gasteiger partial charge in [-0.25, -0.2) is 0 Å². The molecule has 0 atom stereocenters. The summed E-state index contributed by atoms with van der Waals surface area (Å²) >= 11 is 12.2. The molecule has 0 unspecified atom stereocenters. The summed E-state index contributed by atoms with van der Waals surface area (Å²) in [6, 6.07) is 22.6. The van der Waals surface area contributed by atoms with Crippen molar-refractivity contribution >= 4 is 46.4 Å². The third-order valence-corrected chi connectivity index (χ3v) is 5.28. The number of hydrogen-bond acceptors (Lipinski definition) is 3. The van der Waals surface area contributed by atoms with Crippen LogP contribution < -0.4 is 10.6 Å². The minimum atomic E-state index is -0.257. The lowest BCUT2D eigenvalue weighted by molar-refractivity contribution is -0.119. The lowest BCUT2D eigenvalue weighted by Gasteiger charge is -2.17. The average molecular weight is 456 g/mol. The van der Waals surface area contributed by atoms with Crippen molar-refractivity contribution in [2.24, 2.45) is 0 Å². The van der Waals surface area contributed by atoms with Crippen molar-refractivity contribution in [3.05, 3.63) is 82.8 Å². The number of nitrogens with one attached hydrogen (secondary N) is 2. The first-order valence-electron chi connectivity index (χ1n) is 9.81. The van der Waals surface area contributed by atoms with Crippen molar-refractivity contribution in [3.8, 4) is 11.1 Å². The van der Waals surface area contributed by atoms with Gasteiger partial charge in [0.2, 0.25) is 11.8 Å². The highest BCUT2D eigenvalue weighted by molar-refractivity contribution is 6.39. The van der Waals surface area contributed by atoms with E-state index in [1.807, 2.05) is 54.6 Å². The Labute approximate surface area is 192 Å². The molecule has 0 bridgehead atoms. The normalized spacial score (nSPS) is 10.7. The highest BCUT2D eigenvalue weighted by atomic mass is 35.5. The number of likely N-dealkylation sites (N-methyl/N-ethyl adjacent to an activating group) is 1. The van der Waals surface area contributed by atoms with E-state index in [2.05, 4.69) is 10.6 Å². The number of carbonyl (C=O) groups is 2. The van der Waals surface area contributed by atoms with Gasteiger partial charge in [-0.15, -0.1) is 0 Å². The van der Waals surface area contributed by atoms with Gasteiger partial charge in [-0.2, -0.15) is 0 Å². The molecule has 7 heteroatoms. The van der Waals surface area contributed by atoms with Crippen molar-refractivity contribution in [2.45, 2.75) is 6.42 Å². The van der Waals surface area contributed by atoms with Gasteiger partial charge < -0.3 is 10.6 Å². The van der Waals surface area contributed by atoms with Crippen LogP contribution in [-0.4, -0.2) is 36.9 Å². The summed E-state index contributed by atoms with van der Waals surface area (Å²) < 4.78 is 0. The molecule has 3 aromatic carbocycles. The van der Waals surface area contributed by atoms with E-state index in [-0.39, 0.29) is 24.8 Å². The van der Waals surface area contributed by atoms with Crippen LogP contribution in [0.25, 0.3) is 11.1 Å². The second-order valence-corrected chi connectivity index (χ2v) is 7.91. The summed E-state index contributed by atoms with van der Waals surface area (Å²) in [6.45, 7) is 0.526. The summed E-state index contributed by atoms with van der Waals surface area (Å²) in [5.41, 5.74) is 3.14. The Morgan fingerprint density at radius 2 is 1.45 bits per heavy atom. The topological polar surface area (TPSA) is 61.4 Å². The quantitative estimate of drug-likeness (QED) is 0.467. The van der Waals surface area contributed by atoms with E-state index in [0.29, 0.717) is 22.3 Å². The number of nitrogens with zero attached hydrogens (tertiary/aromatic N) is 1. The van der Waals surface area contributed by atoms with E-state index in [1.54, 1.807) is 30.1 Å². The fourth-order valence-electron chi connectivity index (χ4n) is 3.09. The van der Waals surface area contributed by atoms with Gasteiger partial charge in [0.15, 0.2) is 0 Å². The molecule has 0 saturated carbocycles. The minimum Gasteiger partial charge on any atom is -0.325 e. The van der Waals surface area contributed by atoms with Crippen LogP contribution in [0.3, 0.4) is 0 Å². The zero-order chi connectivity index (χ0) is 22.2. The first-order chi connectivity index (χ1) is 14.9. The van der Waals surface area contributed by atoms with Gasteiger partial charge in [0.25, 0.3) is 0 Å². The third-order valence-electron chi connectivity index (χ3n) is 4.65. The molecule has 2 N–H and O–H groups in total. The molecule has 0 aliphatic rings. The van der Waals surface area contributed by atoms with Gasteiger partial charge in [0, 0.05) is 24.2 Å². The highest BCUT2D eigenvalue weighted by Crippen LogP contribution is 2.30. The van der Waals surface area contributed by atoms with Crippen LogP contribution in [0.2, 0.25) is 10.0 Å². The van der Waals surface area contributed by atoms with Gasteiger partial charge in [0.05, 0.1) is 22.3 Å². The predicted molar refractivity (Wildman–Crippen MR) is 128 cm³/mol. The van der Waals surface area contributed by atoms with Crippen LogP contribution in [0.5, 0.6) is 0 Å². The Hall–Kier alpha value is -2.86. The fourth-order valence-corrected chi connectivity index (χ4v) is 3.58. The van der Waals surface area contributed by atoms with E-state index < -0.39 is 0 Å². The molecule has 0 spiro atoms. The van der Waals surface area contributed by atoms with Crippen LogP contribution in [0.15, 0.2) is 72.8 Å². The molecule has 0 radical (unpaired) electrons. The zero-order valence-electron chi connectivity index (χ0n) is 17.1. The van der Waals surface area contributed by atoms with Crippen LogP contribution in [0.4, 0.5) is 11.4 Å². The lowest BCUT2D eigenvalue weighted by Crippen LogP contribution is -2.32. The first kappa shape index (κ1) is 22.8. The molecule has 2 amide bonds. The van der Waals surface area contributed by atoms with Gasteiger partial charge in [-0.05, 0) is 30.8 Å². The molecule has 3 aromatic rings. The molecule has 0 aromatic heterocycles. The summed E-state index contributed by atoms with van der Waals surface area (Å²) in [5.74, 6) is -0.378. The molecular weight excluding hydrogens is 433 g/mol. The largest absolute Gasteiger partial charge is 0.325 e. The number of halogens is 2. The van der Waals surface area contributed by atoms with Crippen LogP contribution in [0, 0.1) is 0 Å². The number of amides is 2. The lowest BCUT2D eigenvalue weighted by atomic mass is 10.0. The molecule has 5 nitrogen and oxygen atoms in total. The third kappa shape index (κ3) is 6.56. The summed E-state index contributed by atoms with van der Waals surface area (Å²) in [4.78, 5) is 26.6. The van der Waals surface area contributed by atoms with Crippen LogP contribution in [0.1, 0.15) is 6.42 Å². The molecule has 160 valence electrons. The van der Waals surface area contributed by atoms with Crippen LogP contribution in [-0.2, 0) is 9.59 Å². The fraction of sp³-hybridized carbons (Fsp3) is 0.167. The van der Waals surface area contributed by atoms with Crippen LogP contribution >= 0.6 is 23.2 Å². The SMILES string of the molecule is CN(CCC(=O)Nc1ccccc1-c1ccccc1)CC(=O)Nc1c(Cl)cccc1Cl. The van der Waals surface area contributed by atoms with Gasteiger partial charge in [-0.1, -0.05) is 77.8 Å². The maximum atomic E-state index is 12.5. The molecule has 0 saturated heterocycles. The van der Waals surface area contributed by atoms with Gasteiger partial charge >= 0.3 is 0 Å². The predicted octanol–water partition coefficient (Wildman–Crippen LogP) is 5.56. The van der Waals surface area contributed by atoms with Crippen molar-refractivity contribution in [1.82, 2.24) is 4.90 Å². The Morgan fingerprint density at radius 3 is 2.16 bits per heavy atom. The Morgan fingerprint density at radius 1 is 0.806 bits per heavy atom. The monoisotopic (exact) mass is 455 g/mol. The number of rotatable bonds is 8. The summed E-state index contributed by atoms with van der Waals surface area (Å²) in [6.07, 6.45) is 0.250. The zero-order valence-corrected chi connectivity index (χ0v) is 18.6.